The highest BCUT2D eigenvalue weighted by atomic mass is 16.5. The van der Waals surface area contributed by atoms with Crippen LogP contribution in [0.2, 0.25) is 0 Å². The van der Waals surface area contributed by atoms with Gasteiger partial charge in [-0.3, -0.25) is 14.2 Å². The quantitative estimate of drug-likeness (QED) is 0.233. The minimum absolute atomic E-state index is 0.0970. The smallest absolute Gasteiger partial charge is 0.266 e. The van der Waals surface area contributed by atoms with Crippen molar-refractivity contribution < 1.29 is 14.3 Å². The monoisotopic (exact) mass is 507 g/mol. The summed E-state index contributed by atoms with van der Waals surface area (Å²) in [4.78, 5) is 34.3. The Morgan fingerprint density at radius 1 is 1.00 bits per heavy atom. The molecule has 0 aliphatic carbocycles. The van der Waals surface area contributed by atoms with Gasteiger partial charge in [0.1, 0.15) is 11.6 Å². The minimum Gasteiger partial charge on any atom is -0.494 e. The zero-order chi connectivity index (χ0) is 26.6. The molecule has 200 valence electrons. The number of unbranched alkanes of at least 4 members (excludes halogenated alkanes) is 3. The number of hydrogen-bond acceptors (Lipinski definition) is 5. The number of aromatic nitrogens is 2. The van der Waals surface area contributed by atoms with Gasteiger partial charge in [0.2, 0.25) is 5.91 Å². The first-order valence-corrected chi connectivity index (χ1v) is 13.6. The molecule has 0 saturated carbocycles. The fraction of sp³-hybridized carbons (Fsp3) is 0.500. The molecule has 0 aliphatic rings. The lowest BCUT2D eigenvalue weighted by atomic mass is 10.1. The van der Waals surface area contributed by atoms with Gasteiger partial charge in [0.15, 0.2) is 0 Å². The zero-order valence-electron chi connectivity index (χ0n) is 22.7. The molecule has 1 aromatic heterocycles. The van der Waals surface area contributed by atoms with Gasteiger partial charge in [0.05, 0.1) is 29.2 Å². The van der Waals surface area contributed by atoms with Gasteiger partial charge in [-0.05, 0) is 62.6 Å². The van der Waals surface area contributed by atoms with Gasteiger partial charge in [-0.25, -0.2) is 4.98 Å². The highest BCUT2D eigenvalue weighted by Crippen LogP contribution is 2.28. The number of carbonyl (C=O) groups is 1. The van der Waals surface area contributed by atoms with Gasteiger partial charge in [0.25, 0.3) is 5.56 Å². The van der Waals surface area contributed by atoms with E-state index in [1.165, 1.54) is 0 Å². The van der Waals surface area contributed by atoms with Crippen molar-refractivity contribution in [3.8, 4) is 11.4 Å². The number of ether oxygens (including phenoxy) is 2. The van der Waals surface area contributed by atoms with Crippen LogP contribution in [0, 0.1) is 0 Å². The maximum Gasteiger partial charge on any atom is 0.266 e. The number of hydrogen-bond donors (Lipinski definition) is 0. The van der Waals surface area contributed by atoms with Crippen LogP contribution in [0.25, 0.3) is 16.6 Å². The Bertz CT molecular complexity index is 1190. The second-order valence-corrected chi connectivity index (χ2v) is 9.22. The van der Waals surface area contributed by atoms with Crippen LogP contribution in [-0.2, 0) is 9.53 Å². The molecule has 1 heterocycles. The maximum atomic E-state index is 13.8. The van der Waals surface area contributed by atoms with Crippen molar-refractivity contribution in [1.29, 1.82) is 0 Å². The Labute approximate surface area is 220 Å². The SMILES string of the molecule is CCCCCCC(=O)N(CCCOC)C(CC)c1nc2ccccc2c(=O)n1-c1ccc(OCC)cc1. The Balaban J connectivity index is 2.11. The van der Waals surface area contributed by atoms with E-state index in [0.717, 1.165) is 31.4 Å². The summed E-state index contributed by atoms with van der Waals surface area (Å²) in [5.41, 5.74) is 1.19. The first-order chi connectivity index (χ1) is 18.0. The molecule has 3 aromatic rings. The van der Waals surface area contributed by atoms with E-state index in [-0.39, 0.29) is 17.5 Å². The molecule has 0 aliphatic heterocycles. The summed E-state index contributed by atoms with van der Waals surface area (Å²) in [7, 11) is 1.67. The van der Waals surface area contributed by atoms with Crippen LogP contribution in [0.15, 0.2) is 53.3 Å². The van der Waals surface area contributed by atoms with Crippen LogP contribution in [0.5, 0.6) is 5.75 Å². The summed E-state index contributed by atoms with van der Waals surface area (Å²) in [6.45, 7) is 7.82. The second-order valence-electron chi connectivity index (χ2n) is 9.22. The van der Waals surface area contributed by atoms with Crippen LogP contribution in [0.3, 0.4) is 0 Å². The summed E-state index contributed by atoms with van der Waals surface area (Å²) in [5.74, 6) is 1.42. The first kappa shape index (κ1) is 28.4. The molecule has 0 radical (unpaired) electrons. The van der Waals surface area contributed by atoms with Crippen LogP contribution in [-0.4, -0.2) is 47.2 Å². The predicted molar refractivity (Wildman–Crippen MR) is 149 cm³/mol. The van der Waals surface area contributed by atoms with Gasteiger partial charge < -0.3 is 14.4 Å². The van der Waals surface area contributed by atoms with Crippen molar-refractivity contribution in [2.45, 2.75) is 71.8 Å². The summed E-state index contributed by atoms with van der Waals surface area (Å²) in [5, 5.41) is 0.548. The number of carbonyl (C=O) groups excluding carboxylic acids is 1. The Morgan fingerprint density at radius 3 is 2.43 bits per heavy atom. The molecule has 37 heavy (non-hydrogen) atoms. The number of benzene rings is 2. The molecule has 7 heteroatoms. The third-order valence-corrected chi connectivity index (χ3v) is 6.58. The first-order valence-electron chi connectivity index (χ1n) is 13.6. The second kappa shape index (κ2) is 14.5. The molecule has 0 N–H and O–H groups in total. The fourth-order valence-electron chi connectivity index (χ4n) is 4.70. The molecular weight excluding hydrogens is 466 g/mol. The number of methoxy groups -OCH3 is 1. The standard InChI is InChI=1S/C30H41N3O4/c1-5-8-9-10-16-28(34)32(21-13-22-36-4)27(6-2)29-31-26-15-12-11-14-25(26)30(35)33(29)23-17-19-24(20-18-23)37-7-3/h11-12,14-15,17-20,27H,5-10,13,16,21-22H2,1-4H3. The third-order valence-electron chi connectivity index (χ3n) is 6.58. The van der Waals surface area contributed by atoms with Crippen LogP contribution in [0.1, 0.15) is 77.6 Å². The molecule has 1 atom stereocenters. The average Bonchev–Trinajstić information content (AvgIpc) is 2.91. The lowest BCUT2D eigenvalue weighted by Gasteiger charge is -2.32. The molecule has 0 bridgehead atoms. The van der Waals surface area contributed by atoms with Crippen molar-refractivity contribution >= 4 is 16.8 Å². The molecule has 1 unspecified atom stereocenters. The van der Waals surface area contributed by atoms with E-state index in [0.29, 0.717) is 61.4 Å². The number of fused-ring (bicyclic) bond motifs is 1. The highest BCUT2D eigenvalue weighted by molar-refractivity contribution is 5.79. The highest BCUT2D eigenvalue weighted by Gasteiger charge is 2.28. The van der Waals surface area contributed by atoms with Crippen molar-refractivity contribution in [3.63, 3.8) is 0 Å². The molecule has 1 amide bonds. The Morgan fingerprint density at radius 2 is 1.76 bits per heavy atom. The van der Waals surface area contributed by atoms with E-state index < -0.39 is 0 Å². The average molecular weight is 508 g/mol. The molecule has 0 fully saturated rings. The molecule has 0 saturated heterocycles. The van der Waals surface area contributed by atoms with E-state index in [2.05, 4.69) is 6.92 Å². The summed E-state index contributed by atoms with van der Waals surface area (Å²) >= 11 is 0. The summed E-state index contributed by atoms with van der Waals surface area (Å²) < 4.78 is 12.6. The van der Waals surface area contributed by atoms with E-state index in [9.17, 15) is 9.59 Å². The minimum atomic E-state index is -0.348. The van der Waals surface area contributed by atoms with Crippen molar-refractivity contribution in [2.24, 2.45) is 0 Å². The van der Waals surface area contributed by atoms with Gasteiger partial charge in [0, 0.05) is 26.7 Å². The number of para-hydroxylation sites is 1. The van der Waals surface area contributed by atoms with Crippen molar-refractivity contribution in [3.05, 3.63) is 64.7 Å². The molecule has 3 rings (SSSR count). The van der Waals surface area contributed by atoms with Crippen LogP contribution in [0.4, 0.5) is 0 Å². The number of amides is 1. The lowest BCUT2D eigenvalue weighted by molar-refractivity contribution is -0.134. The number of nitrogens with zero attached hydrogens (tertiary/aromatic N) is 3. The summed E-state index contributed by atoms with van der Waals surface area (Å²) in [6.07, 6.45) is 5.99. The van der Waals surface area contributed by atoms with Crippen LogP contribution >= 0.6 is 0 Å². The fourth-order valence-corrected chi connectivity index (χ4v) is 4.70. The maximum absolute atomic E-state index is 13.8. The molecule has 2 aromatic carbocycles. The Kier molecular flexibility index (Phi) is 11.1. The predicted octanol–water partition coefficient (Wildman–Crippen LogP) is 6.07. The van der Waals surface area contributed by atoms with Gasteiger partial charge >= 0.3 is 0 Å². The zero-order valence-corrected chi connectivity index (χ0v) is 22.7. The topological polar surface area (TPSA) is 73.7 Å². The van der Waals surface area contributed by atoms with Crippen LogP contribution < -0.4 is 10.3 Å². The van der Waals surface area contributed by atoms with E-state index in [1.807, 2.05) is 61.2 Å². The normalized spacial score (nSPS) is 12.0. The van der Waals surface area contributed by atoms with Gasteiger partial charge in [-0.2, -0.15) is 0 Å². The lowest BCUT2D eigenvalue weighted by Crippen LogP contribution is -2.39. The van der Waals surface area contributed by atoms with E-state index >= 15 is 0 Å². The van der Waals surface area contributed by atoms with E-state index in [4.69, 9.17) is 14.5 Å². The Hall–Kier alpha value is -3.19. The van der Waals surface area contributed by atoms with Crippen molar-refractivity contribution in [2.75, 3.05) is 26.9 Å². The molecular formula is C30H41N3O4. The number of rotatable bonds is 15. The van der Waals surface area contributed by atoms with Gasteiger partial charge in [-0.15, -0.1) is 0 Å². The third kappa shape index (κ3) is 7.19. The van der Waals surface area contributed by atoms with Crippen molar-refractivity contribution in [1.82, 2.24) is 14.5 Å². The van der Waals surface area contributed by atoms with E-state index in [1.54, 1.807) is 17.7 Å². The van der Waals surface area contributed by atoms with Gasteiger partial charge in [-0.1, -0.05) is 45.2 Å². The largest absolute Gasteiger partial charge is 0.494 e. The molecule has 0 spiro atoms. The summed E-state index contributed by atoms with van der Waals surface area (Å²) in [6, 6.07) is 14.5. The molecule has 7 nitrogen and oxygen atoms in total.